The van der Waals surface area contributed by atoms with E-state index in [1.807, 2.05) is 0 Å². The number of benzene rings is 1. The Labute approximate surface area is 127 Å². The second-order valence-electron chi connectivity index (χ2n) is 4.82. The van der Waals surface area contributed by atoms with Gasteiger partial charge in [-0.15, -0.1) is 0 Å². The molecule has 0 fully saturated rings. The van der Waals surface area contributed by atoms with E-state index in [1.54, 1.807) is 13.8 Å². The summed E-state index contributed by atoms with van der Waals surface area (Å²) in [5.74, 6) is -2.86. The number of carbonyl (C=O) groups is 3. The molecule has 3 N–H and O–H groups in total. The van der Waals surface area contributed by atoms with E-state index in [1.165, 1.54) is 12.1 Å². The quantitative estimate of drug-likeness (QED) is 0.734. The number of hydrogen-bond acceptors (Lipinski definition) is 4. The first-order valence-electron chi connectivity index (χ1n) is 6.87. The van der Waals surface area contributed by atoms with E-state index >= 15 is 0 Å². The van der Waals surface area contributed by atoms with Crippen molar-refractivity contribution >= 4 is 17.8 Å². The highest BCUT2D eigenvalue weighted by molar-refractivity contribution is 5.97. The van der Waals surface area contributed by atoms with E-state index in [0.717, 1.165) is 12.1 Å². The summed E-state index contributed by atoms with van der Waals surface area (Å²) < 4.78 is 17.7. The second-order valence-corrected chi connectivity index (χ2v) is 4.82. The molecule has 0 aliphatic rings. The van der Waals surface area contributed by atoms with E-state index < -0.39 is 35.6 Å². The van der Waals surface area contributed by atoms with Gasteiger partial charge in [-0.1, -0.05) is 6.92 Å². The number of esters is 1. The van der Waals surface area contributed by atoms with Gasteiger partial charge in [0, 0.05) is 5.56 Å². The Kier molecular flexibility index (Phi) is 6.49. The van der Waals surface area contributed by atoms with Crippen molar-refractivity contribution in [2.45, 2.75) is 26.3 Å². The largest absolute Gasteiger partial charge is 0.466 e. The van der Waals surface area contributed by atoms with Crippen LogP contribution in [-0.2, 0) is 14.3 Å². The van der Waals surface area contributed by atoms with Crippen LogP contribution in [0.25, 0.3) is 0 Å². The fourth-order valence-electron chi connectivity index (χ4n) is 1.82. The van der Waals surface area contributed by atoms with Crippen LogP contribution in [0.1, 0.15) is 30.6 Å². The summed E-state index contributed by atoms with van der Waals surface area (Å²) in [6, 6.07) is 3.83. The van der Waals surface area contributed by atoms with E-state index in [0.29, 0.717) is 0 Å². The minimum atomic E-state index is -1.02. The molecule has 0 radical (unpaired) electrons. The SMILES string of the molecule is CCOC(=O)[C@@H](C)C[C@@H](NC(=O)c1ccc(F)cc1)C(N)=O. The topological polar surface area (TPSA) is 98.5 Å². The second kappa shape index (κ2) is 8.11. The van der Waals surface area contributed by atoms with Crippen molar-refractivity contribution in [3.8, 4) is 0 Å². The van der Waals surface area contributed by atoms with Gasteiger partial charge in [0.25, 0.3) is 5.91 Å². The summed E-state index contributed by atoms with van der Waals surface area (Å²) in [7, 11) is 0. The summed E-state index contributed by atoms with van der Waals surface area (Å²) in [6.45, 7) is 3.48. The van der Waals surface area contributed by atoms with Crippen LogP contribution >= 0.6 is 0 Å². The van der Waals surface area contributed by atoms with Crippen molar-refractivity contribution in [2.24, 2.45) is 11.7 Å². The zero-order valence-corrected chi connectivity index (χ0v) is 12.5. The number of primary amides is 1. The van der Waals surface area contributed by atoms with Gasteiger partial charge in [-0.25, -0.2) is 4.39 Å². The van der Waals surface area contributed by atoms with Crippen molar-refractivity contribution < 1.29 is 23.5 Å². The summed E-state index contributed by atoms with van der Waals surface area (Å²) in [5, 5.41) is 2.44. The standard InChI is InChI=1S/C15H19FN2O4/c1-3-22-15(21)9(2)8-12(13(17)19)18-14(20)10-4-6-11(16)7-5-10/h4-7,9,12H,3,8H2,1-2H3,(H2,17,19)(H,18,20)/t9-,12+/m0/s1. The van der Waals surface area contributed by atoms with Crippen LogP contribution < -0.4 is 11.1 Å². The number of rotatable bonds is 7. The Bertz CT molecular complexity index is 545. The lowest BCUT2D eigenvalue weighted by Gasteiger charge is -2.18. The van der Waals surface area contributed by atoms with Gasteiger partial charge in [0.2, 0.25) is 5.91 Å². The van der Waals surface area contributed by atoms with Crippen molar-refractivity contribution in [3.05, 3.63) is 35.6 Å². The highest BCUT2D eigenvalue weighted by Gasteiger charge is 2.25. The molecule has 6 nitrogen and oxygen atoms in total. The zero-order chi connectivity index (χ0) is 16.7. The fourth-order valence-corrected chi connectivity index (χ4v) is 1.82. The first-order valence-corrected chi connectivity index (χ1v) is 6.87. The molecule has 0 saturated heterocycles. The Hall–Kier alpha value is -2.44. The van der Waals surface area contributed by atoms with Crippen LogP contribution in [0.2, 0.25) is 0 Å². The molecule has 7 heteroatoms. The summed E-state index contributed by atoms with van der Waals surface area (Å²) in [5.41, 5.74) is 5.43. The van der Waals surface area contributed by atoms with Gasteiger partial charge in [0.05, 0.1) is 12.5 Å². The number of ether oxygens (including phenoxy) is 1. The molecule has 2 amide bonds. The van der Waals surface area contributed by atoms with Gasteiger partial charge < -0.3 is 15.8 Å². The number of nitrogens with two attached hydrogens (primary N) is 1. The Morgan fingerprint density at radius 2 is 1.86 bits per heavy atom. The van der Waals surface area contributed by atoms with Crippen LogP contribution in [0.15, 0.2) is 24.3 Å². The lowest BCUT2D eigenvalue weighted by atomic mass is 10.0. The summed E-state index contributed by atoms with van der Waals surface area (Å²) in [4.78, 5) is 35.0. The maximum absolute atomic E-state index is 12.8. The average Bonchev–Trinajstić information content (AvgIpc) is 2.47. The highest BCUT2D eigenvalue weighted by Crippen LogP contribution is 2.10. The maximum atomic E-state index is 12.8. The third kappa shape index (κ3) is 5.16. The highest BCUT2D eigenvalue weighted by atomic mass is 19.1. The molecule has 1 rings (SSSR count). The van der Waals surface area contributed by atoms with Gasteiger partial charge in [0.1, 0.15) is 11.9 Å². The monoisotopic (exact) mass is 310 g/mol. The molecule has 0 aliphatic heterocycles. The van der Waals surface area contributed by atoms with Crippen LogP contribution in [0.4, 0.5) is 4.39 Å². The van der Waals surface area contributed by atoms with Crippen LogP contribution in [-0.4, -0.2) is 30.4 Å². The average molecular weight is 310 g/mol. The van der Waals surface area contributed by atoms with Crippen LogP contribution in [0, 0.1) is 11.7 Å². The van der Waals surface area contributed by atoms with Gasteiger partial charge in [-0.3, -0.25) is 14.4 Å². The van der Waals surface area contributed by atoms with Crippen molar-refractivity contribution in [3.63, 3.8) is 0 Å². The zero-order valence-electron chi connectivity index (χ0n) is 12.5. The van der Waals surface area contributed by atoms with Crippen molar-refractivity contribution in [1.82, 2.24) is 5.32 Å². The molecule has 0 heterocycles. The van der Waals surface area contributed by atoms with E-state index in [9.17, 15) is 18.8 Å². The predicted octanol–water partition coefficient (Wildman–Crippen LogP) is 0.999. The number of carbonyl (C=O) groups excluding carboxylic acids is 3. The van der Waals surface area contributed by atoms with Gasteiger partial charge in [-0.2, -0.15) is 0 Å². The Morgan fingerprint density at radius 3 is 2.36 bits per heavy atom. The maximum Gasteiger partial charge on any atom is 0.308 e. The van der Waals surface area contributed by atoms with Gasteiger partial charge in [-0.05, 0) is 37.6 Å². The molecular weight excluding hydrogens is 291 g/mol. The molecule has 0 aliphatic carbocycles. The van der Waals surface area contributed by atoms with Crippen LogP contribution in [0.3, 0.4) is 0 Å². The number of nitrogens with one attached hydrogen (secondary N) is 1. The molecule has 1 aromatic carbocycles. The predicted molar refractivity (Wildman–Crippen MR) is 77.3 cm³/mol. The van der Waals surface area contributed by atoms with E-state index in [4.69, 9.17) is 10.5 Å². The van der Waals surface area contributed by atoms with Gasteiger partial charge in [0.15, 0.2) is 0 Å². The minimum Gasteiger partial charge on any atom is -0.466 e. The molecular formula is C15H19FN2O4. The smallest absolute Gasteiger partial charge is 0.308 e. The normalized spacial score (nSPS) is 13.0. The molecule has 2 atom stereocenters. The molecule has 0 unspecified atom stereocenters. The molecule has 0 bridgehead atoms. The lowest BCUT2D eigenvalue weighted by Crippen LogP contribution is -2.46. The van der Waals surface area contributed by atoms with E-state index in [2.05, 4.69) is 5.32 Å². The number of hydrogen-bond donors (Lipinski definition) is 2. The number of halogens is 1. The molecule has 0 saturated carbocycles. The molecule has 1 aromatic rings. The fraction of sp³-hybridized carbons (Fsp3) is 0.400. The lowest BCUT2D eigenvalue weighted by molar-refractivity contribution is -0.147. The Morgan fingerprint density at radius 1 is 1.27 bits per heavy atom. The van der Waals surface area contributed by atoms with E-state index in [-0.39, 0.29) is 18.6 Å². The number of amides is 2. The molecule has 0 aromatic heterocycles. The van der Waals surface area contributed by atoms with Crippen LogP contribution in [0.5, 0.6) is 0 Å². The summed E-state index contributed by atoms with van der Waals surface area (Å²) in [6.07, 6.45) is 0.0289. The minimum absolute atomic E-state index is 0.0289. The molecule has 0 spiro atoms. The van der Waals surface area contributed by atoms with Crippen molar-refractivity contribution in [1.29, 1.82) is 0 Å². The van der Waals surface area contributed by atoms with Crippen molar-refractivity contribution in [2.75, 3.05) is 6.61 Å². The third-order valence-electron chi connectivity index (χ3n) is 3.03. The third-order valence-corrected chi connectivity index (χ3v) is 3.03. The Balaban J connectivity index is 2.71. The molecule has 120 valence electrons. The first-order chi connectivity index (χ1) is 10.3. The summed E-state index contributed by atoms with van der Waals surface area (Å²) >= 11 is 0. The first kappa shape index (κ1) is 17.6. The van der Waals surface area contributed by atoms with Gasteiger partial charge >= 0.3 is 5.97 Å². The molecule has 22 heavy (non-hydrogen) atoms.